The molecule has 2 rings (SSSR count). The van der Waals surface area contributed by atoms with E-state index in [-0.39, 0.29) is 5.56 Å². The van der Waals surface area contributed by atoms with Gasteiger partial charge in [-0.15, -0.1) is 0 Å². The smallest absolute Gasteiger partial charge is 0.143 e. The third-order valence-electron chi connectivity index (χ3n) is 2.53. The summed E-state index contributed by atoms with van der Waals surface area (Å²) in [6, 6.07) is 13.6. The molecule has 0 spiro atoms. The van der Waals surface area contributed by atoms with E-state index in [1.165, 1.54) is 12.1 Å². The quantitative estimate of drug-likeness (QED) is 0.907. The Kier molecular flexibility index (Phi) is 3.81. The topological polar surface area (TPSA) is 35.8 Å². The van der Waals surface area contributed by atoms with E-state index in [4.69, 9.17) is 16.9 Å². The molecule has 2 aromatic carbocycles. The van der Waals surface area contributed by atoms with Crippen LogP contribution in [-0.2, 0) is 6.54 Å². The molecule has 0 heterocycles. The number of nitrogens with one attached hydrogen (secondary N) is 1. The highest BCUT2D eigenvalue weighted by Crippen LogP contribution is 2.18. The Morgan fingerprint density at radius 3 is 2.67 bits per heavy atom. The molecule has 0 aliphatic carbocycles. The maximum absolute atomic E-state index is 13.4. The summed E-state index contributed by atoms with van der Waals surface area (Å²) in [5.74, 6) is -0.526. The van der Waals surface area contributed by atoms with Crippen molar-refractivity contribution in [2.45, 2.75) is 6.54 Å². The van der Waals surface area contributed by atoms with Crippen LogP contribution in [0.5, 0.6) is 0 Å². The first-order chi connectivity index (χ1) is 8.70. The molecule has 0 aromatic heterocycles. The number of benzene rings is 2. The molecular weight excluding hydrogens is 251 g/mol. The average molecular weight is 261 g/mol. The summed E-state index contributed by atoms with van der Waals surface area (Å²) < 4.78 is 13.4. The zero-order valence-electron chi connectivity index (χ0n) is 9.45. The van der Waals surface area contributed by atoms with Crippen molar-refractivity contribution in [2.24, 2.45) is 0 Å². The zero-order chi connectivity index (χ0) is 13.0. The van der Waals surface area contributed by atoms with Gasteiger partial charge in [0.25, 0.3) is 0 Å². The van der Waals surface area contributed by atoms with Crippen molar-refractivity contribution < 1.29 is 4.39 Å². The van der Waals surface area contributed by atoms with Crippen LogP contribution in [0.2, 0.25) is 5.02 Å². The minimum absolute atomic E-state index is 0.0401. The Hall–Kier alpha value is -2.05. The molecule has 1 N–H and O–H groups in total. The lowest BCUT2D eigenvalue weighted by Gasteiger charge is -2.08. The standard InChI is InChI=1S/C14H10ClFN2/c15-13-4-2-1-3-11(13)9-18-12-6-5-10(8-17)14(16)7-12/h1-7,18H,9H2. The van der Waals surface area contributed by atoms with Crippen LogP contribution in [-0.4, -0.2) is 0 Å². The molecular formula is C14H10ClFN2. The predicted octanol–water partition coefficient (Wildman–Crippen LogP) is 3.96. The van der Waals surface area contributed by atoms with Gasteiger partial charge in [-0.2, -0.15) is 5.26 Å². The maximum atomic E-state index is 13.4. The molecule has 0 saturated heterocycles. The zero-order valence-corrected chi connectivity index (χ0v) is 10.2. The van der Waals surface area contributed by atoms with Crippen molar-refractivity contribution in [1.82, 2.24) is 0 Å². The average Bonchev–Trinajstić information content (AvgIpc) is 2.38. The van der Waals surface area contributed by atoms with Gasteiger partial charge < -0.3 is 5.32 Å². The van der Waals surface area contributed by atoms with Crippen molar-refractivity contribution in [3.8, 4) is 6.07 Å². The number of hydrogen-bond acceptors (Lipinski definition) is 2. The van der Waals surface area contributed by atoms with Crippen molar-refractivity contribution >= 4 is 17.3 Å². The fourth-order valence-corrected chi connectivity index (χ4v) is 1.76. The lowest BCUT2D eigenvalue weighted by atomic mass is 10.2. The molecule has 0 aliphatic heterocycles. The van der Waals surface area contributed by atoms with Gasteiger partial charge in [0, 0.05) is 17.3 Å². The van der Waals surface area contributed by atoms with Gasteiger partial charge in [-0.3, -0.25) is 0 Å². The number of nitriles is 1. The van der Waals surface area contributed by atoms with Crippen LogP contribution in [0, 0.1) is 17.1 Å². The molecule has 18 heavy (non-hydrogen) atoms. The van der Waals surface area contributed by atoms with E-state index in [2.05, 4.69) is 5.32 Å². The van der Waals surface area contributed by atoms with Gasteiger partial charge in [0.1, 0.15) is 11.9 Å². The highest BCUT2D eigenvalue weighted by Gasteiger charge is 2.03. The molecule has 0 bridgehead atoms. The van der Waals surface area contributed by atoms with E-state index in [0.29, 0.717) is 17.3 Å². The van der Waals surface area contributed by atoms with Gasteiger partial charge in [0.2, 0.25) is 0 Å². The van der Waals surface area contributed by atoms with Crippen LogP contribution in [0.25, 0.3) is 0 Å². The fraction of sp³-hybridized carbons (Fsp3) is 0.0714. The van der Waals surface area contributed by atoms with Gasteiger partial charge in [-0.25, -0.2) is 4.39 Å². The first kappa shape index (κ1) is 12.4. The summed E-state index contributed by atoms with van der Waals surface area (Å²) in [6.45, 7) is 0.505. The van der Waals surface area contributed by atoms with Crippen molar-refractivity contribution in [3.05, 3.63) is 64.4 Å². The van der Waals surface area contributed by atoms with Crippen LogP contribution in [0.15, 0.2) is 42.5 Å². The van der Waals surface area contributed by atoms with Crippen molar-refractivity contribution in [1.29, 1.82) is 5.26 Å². The third kappa shape index (κ3) is 2.79. The fourth-order valence-electron chi connectivity index (χ4n) is 1.55. The van der Waals surface area contributed by atoms with E-state index in [0.717, 1.165) is 5.56 Å². The highest BCUT2D eigenvalue weighted by molar-refractivity contribution is 6.31. The Balaban J connectivity index is 2.10. The Morgan fingerprint density at radius 1 is 1.22 bits per heavy atom. The molecule has 4 heteroatoms. The molecule has 0 fully saturated rings. The molecule has 0 saturated carbocycles. The van der Waals surface area contributed by atoms with Gasteiger partial charge in [-0.1, -0.05) is 29.8 Å². The summed E-state index contributed by atoms with van der Waals surface area (Å²) in [7, 11) is 0. The molecule has 2 nitrogen and oxygen atoms in total. The Bertz CT molecular complexity index is 605. The Morgan fingerprint density at radius 2 is 2.00 bits per heavy atom. The molecule has 2 aromatic rings. The summed E-state index contributed by atoms with van der Waals surface area (Å²) in [5.41, 5.74) is 1.59. The first-order valence-electron chi connectivity index (χ1n) is 5.37. The van der Waals surface area contributed by atoms with Crippen molar-refractivity contribution in [3.63, 3.8) is 0 Å². The molecule has 0 atom stereocenters. The highest BCUT2D eigenvalue weighted by atomic mass is 35.5. The SMILES string of the molecule is N#Cc1ccc(NCc2ccccc2Cl)cc1F. The second-order valence-electron chi connectivity index (χ2n) is 3.75. The molecule has 0 amide bonds. The monoisotopic (exact) mass is 260 g/mol. The Labute approximate surface area is 110 Å². The van der Waals surface area contributed by atoms with E-state index in [9.17, 15) is 4.39 Å². The lowest BCUT2D eigenvalue weighted by molar-refractivity contribution is 0.624. The van der Waals surface area contributed by atoms with E-state index in [1.807, 2.05) is 18.2 Å². The third-order valence-corrected chi connectivity index (χ3v) is 2.90. The first-order valence-corrected chi connectivity index (χ1v) is 5.75. The molecule has 0 unspecified atom stereocenters. The summed E-state index contributed by atoms with van der Waals surface area (Å²) in [4.78, 5) is 0. The van der Waals surface area contributed by atoms with E-state index >= 15 is 0 Å². The van der Waals surface area contributed by atoms with Gasteiger partial charge in [0.15, 0.2) is 0 Å². The van der Waals surface area contributed by atoms with Gasteiger partial charge in [0.05, 0.1) is 5.56 Å². The minimum atomic E-state index is -0.526. The molecule has 90 valence electrons. The maximum Gasteiger partial charge on any atom is 0.143 e. The minimum Gasteiger partial charge on any atom is -0.381 e. The summed E-state index contributed by atoms with van der Waals surface area (Å²) in [5, 5.41) is 12.4. The summed E-state index contributed by atoms with van der Waals surface area (Å²) >= 11 is 6.01. The largest absolute Gasteiger partial charge is 0.381 e. The number of nitrogens with zero attached hydrogens (tertiary/aromatic N) is 1. The molecule has 0 radical (unpaired) electrons. The number of rotatable bonds is 3. The second kappa shape index (κ2) is 5.52. The van der Waals surface area contributed by atoms with Crippen LogP contribution in [0.3, 0.4) is 0 Å². The lowest BCUT2D eigenvalue weighted by Crippen LogP contribution is -2.00. The summed E-state index contributed by atoms with van der Waals surface area (Å²) in [6.07, 6.45) is 0. The number of hydrogen-bond donors (Lipinski definition) is 1. The van der Waals surface area contributed by atoms with Gasteiger partial charge in [-0.05, 0) is 29.8 Å². The number of anilines is 1. The van der Waals surface area contributed by atoms with Gasteiger partial charge >= 0.3 is 0 Å². The number of halogens is 2. The van der Waals surface area contributed by atoms with Crippen molar-refractivity contribution in [2.75, 3.05) is 5.32 Å². The normalized spacial score (nSPS) is 9.83. The van der Waals surface area contributed by atoms with E-state index < -0.39 is 5.82 Å². The van der Waals surface area contributed by atoms with Crippen LogP contribution in [0.1, 0.15) is 11.1 Å². The van der Waals surface area contributed by atoms with Crippen LogP contribution >= 0.6 is 11.6 Å². The predicted molar refractivity (Wildman–Crippen MR) is 69.9 cm³/mol. The second-order valence-corrected chi connectivity index (χ2v) is 4.16. The van der Waals surface area contributed by atoms with Crippen LogP contribution in [0.4, 0.5) is 10.1 Å². The molecule has 0 aliphatic rings. The van der Waals surface area contributed by atoms with Crippen LogP contribution < -0.4 is 5.32 Å². The van der Waals surface area contributed by atoms with E-state index in [1.54, 1.807) is 18.2 Å².